The molecule has 0 fully saturated rings. The Hall–Kier alpha value is -7.96. The second-order valence-electron chi connectivity index (χ2n) is 14.0. The van der Waals surface area contributed by atoms with Crippen molar-refractivity contribution in [2.45, 2.75) is 0 Å². The van der Waals surface area contributed by atoms with Crippen molar-refractivity contribution in [2.24, 2.45) is 0 Å². The molecule has 0 saturated carbocycles. The molecule has 0 unspecified atom stereocenters. The lowest BCUT2D eigenvalue weighted by atomic mass is 9.90. The van der Waals surface area contributed by atoms with Gasteiger partial charge in [-0.2, -0.15) is 0 Å². The number of hydrogen-bond acceptors (Lipinski definition) is 6. The van der Waals surface area contributed by atoms with Crippen molar-refractivity contribution in [3.05, 3.63) is 207 Å². The predicted octanol–water partition coefficient (Wildman–Crippen LogP) is 12.5. The van der Waals surface area contributed by atoms with Gasteiger partial charge in [-0.05, 0) is 69.4 Å². The van der Waals surface area contributed by atoms with Gasteiger partial charge in [-0.1, -0.05) is 146 Å². The van der Waals surface area contributed by atoms with Gasteiger partial charge in [0.15, 0.2) is 11.6 Å². The first-order valence-electron chi connectivity index (χ1n) is 19.2. The van der Waals surface area contributed by atoms with Gasteiger partial charge in [-0.25, -0.2) is 19.9 Å². The summed E-state index contributed by atoms with van der Waals surface area (Å²) in [7, 11) is 0. The van der Waals surface area contributed by atoms with Crippen molar-refractivity contribution in [3.63, 3.8) is 0 Å². The molecule has 6 nitrogen and oxygen atoms in total. The SMILES string of the molecule is c1ccc(-c2cc(-c3ccc(-c4cccc5cccc(-c6ccc(-c7cc(-c8ccccc8)nc(-c8ccncc8)n7)cc6)c45)cc3)nc(-c3ccncc3)n2)cc1. The second kappa shape index (κ2) is 15.3. The predicted molar refractivity (Wildman–Crippen MR) is 234 cm³/mol. The Balaban J connectivity index is 1.01. The summed E-state index contributed by atoms with van der Waals surface area (Å²) in [5.41, 5.74) is 14.0. The van der Waals surface area contributed by atoms with Crippen LogP contribution in [0.15, 0.2) is 207 Å². The summed E-state index contributed by atoms with van der Waals surface area (Å²) in [5, 5.41) is 2.38. The number of pyridine rings is 2. The lowest BCUT2D eigenvalue weighted by Gasteiger charge is -2.14. The maximum Gasteiger partial charge on any atom is 0.160 e. The number of nitrogens with zero attached hydrogens (tertiary/aromatic N) is 6. The van der Waals surface area contributed by atoms with Crippen LogP contribution in [0.1, 0.15) is 0 Å². The second-order valence-corrected chi connectivity index (χ2v) is 14.0. The molecule has 58 heavy (non-hydrogen) atoms. The van der Waals surface area contributed by atoms with E-state index in [1.54, 1.807) is 24.8 Å². The molecule has 6 aromatic carbocycles. The lowest BCUT2D eigenvalue weighted by molar-refractivity contribution is 1.17. The maximum absolute atomic E-state index is 5.03. The van der Waals surface area contributed by atoms with Gasteiger partial charge < -0.3 is 0 Å². The number of benzene rings is 6. The topological polar surface area (TPSA) is 77.3 Å². The highest BCUT2D eigenvalue weighted by Crippen LogP contribution is 2.38. The molecule has 0 amide bonds. The van der Waals surface area contributed by atoms with Gasteiger partial charge in [0, 0.05) is 58.2 Å². The van der Waals surface area contributed by atoms with Crippen molar-refractivity contribution < 1.29 is 0 Å². The fourth-order valence-corrected chi connectivity index (χ4v) is 7.43. The van der Waals surface area contributed by atoms with Crippen LogP contribution in [0.2, 0.25) is 0 Å². The fraction of sp³-hybridized carbons (Fsp3) is 0. The van der Waals surface area contributed by atoms with Crippen LogP contribution in [0.25, 0.3) is 101 Å². The highest BCUT2D eigenvalue weighted by atomic mass is 14.9. The average molecular weight is 743 g/mol. The normalized spacial score (nSPS) is 11.1. The molecule has 10 aromatic rings. The molecule has 0 bridgehead atoms. The van der Waals surface area contributed by atoms with Crippen LogP contribution in [-0.4, -0.2) is 29.9 Å². The first-order chi connectivity index (χ1) is 28.7. The first-order valence-corrected chi connectivity index (χ1v) is 19.2. The molecule has 0 spiro atoms. The van der Waals surface area contributed by atoms with E-state index in [0.717, 1.165) is 67.3 Å². The molecule has 0 radical (unpaired) electrons. The van der Waals surface area contributed by atoms with Gasteiger partial charge in [0.25, 0.3) is 0 Å². The van der Waals surface area contributed by atoms with Crippen molar-refractivity contribution in [1.29, 1.82) is 0 Å². The van der Waals surface area contributed by atoms with Gasteiger partial charge in [0.2, 0.25) is 0 Å². The number of aromatic nitrogens is 6. The zero-order valence-corrected chi connectivity index (χ0v) is 31.3. The van der Waals surface area contributed by atoms with Crippen LogP contribution in [0, 0.1) is 0 Å². The van der Waals surface area contributed by atoms with Gasteiger partial charge in [0.1, 0.15) is 0 Å². The van der Waals surface area contributed by atoms with Gasteiger partial charge in [-0.3, -0.25) is 9.97 Å². The van der Waals surface area contributed by atoms with E-state index in [0.29, 0.717) is 11.6 Å². The molecular formula is C52H34N6. The van der Waals surface area contributed by atoms with Gasteiger partial charge >= 0.3 is 0 Å². The molecule has 0 aliphatic rings. The third-order valence-electron chi connectivity index (χ3n) is 10.4. The van der Waals surface area contributed by atoms with Crippen molar-refractivity contribution in [3.8, 4) is 90.1 Å². The molecule has 0 saturated heterocycles. The lowest BCUT2D eigenvalue weighted by Crippen LogP contribution is -1.96. The maximum atomic E-state index is 5.03. The van der Waals surface area contributed by atoms with Crippen LogP contribution in [0.3, 0.4) is 0 Å². The quantitative estimate of drug-likeness (QED) is 0.154. The first kappa shape index (κ1) is 34.5. The molecule has 0 aliphatic heterocycles. The summed E-state index contributed by atoms with van der Waals surface area (Å²) < 4.78 is 0. The molecular weight excluding hydrogens is 709 g/mol. The highest BCUT2D eigenvalue weighted by Gasteiger charge is 2.15. The number of rotatable bonds is 8. The smallest absolute Gasteiger partial charge is 0.160 e. The van der Waals surface area contributed by atoms with E-state index in [-0.39, 0.29) is 0 Å². The van der Waals surface area contributed by atoms with Crippen LogP contribution >= 0.6 is 0 Å². The van der Waals surface area contributed by atoms with Gasteiger partial charge in [0.05, 0.1) is 22.8 Å². The van der Waals surface area contributed by atoms with Crippen LogP contribution < -0.4 is 0 Å². The summed E-state index contributed by atoms with van der Waals surface area (Å²) in [6, 6.07) is 62.9. The van der Waals surface area contributed by atoms with E-state index >= 15 is 0 Å². The Bertz CT molecular complexity index is 2690. The van der Waals surface area contributed by atoms with Crippen molar-refractivity contribution in [2.75, 3.05) is 0 Å². The summed E-state index contributed by atoms with van der Waals surface area (Å²) in [5.74, 6) is 1.33. The highest BCUT2D eigenvalue weighted by molar-refractivity contribution is 6.06. The fourth-order valence-electron chi connectivity index (χ4n) is 7.43. The van der Waals surface area contributed by atoms with Crippen LogP contribution in [0.5, 0.6) is 0 Å². The third kappa shape index (κ3) is 6.91. The molecule has 4 aromatic heterocycles. The van der Waals surface area contributed by atoms with Crippen molar-refractivity contribution >= 4 is 10.8 Å². The number of fused-ring (bicyclic) bond motifs is 1. The van der Waals surface area contributed by atoms with Crippen LogP contribution in [-0.2, 0) is 0 Å². The standard InChI is InChI=1S/C52H34N6/c1-3-9-37(10-4-1)46-33-48(57-51(55-46)42-25-29-53-30-26-42)39-21-17-35(18-22-39)44-15-7-13-41-14-8-16-45(50(41)44)36-19-23-40(24-20-36)49-34-47(38-11-5-2-6-12-38)56-52(58-49)43-27-31-54-32-28-43/h1-34H. The Morgan fingerprint density at radius 3 is 0.983 bits per heavy atom. The summed E-state index contributed by atoms with van der Waals surface area (Å²) in [4.78, 5) is 28.3. The van der Waals surface area contributed by atoms with Gasteiger partial charge in [-0.15, -0.1) is 0 Å². The molecule has 6 heteroatoms. The molecule has 0 aliphatic carbocycles. The minimum atomic E-state index is 0.665. The Labute approximate surface area is 336 Å². The van der Waals surface area contributed by atoms with E-state index in [1.807, 2.05) is 60.7 Å². The van der Waals surface area contributed by atoms with Crippen molar-refractivity contribution in [1.82, 2.24) is 29.9 Å². The summed E-state index contributed by atoms with van der Waals surface area (Å²) >= 11 is 0. The molecule has 0 atom stereocenters. The zero-order valence-electron chi connectivity index (χ0n) is 31.3. The van der Waals surface area contributed by atoms with Crippen LogP contribution in [0.4, 0.5) is 0 Å². The third-order valence-corrected chi connectivity index (χ3v) is 10.4. The molecule has 10 rings (SSSR count). The zero-order chi connectivity index (χ0) is 38.7. The van der Waals surface area contributed by atoms with E-state index in [4.69, 9.17) is 19.9 Å². The monoisotopic (exact) mass is 742 g/mol. The van der Waals surface area contributed by atoms with E-state index in [1.165, 1.54) is 21.9 Å². The molecule has 4 heterocycles. The molecule has 0 N–H and O–H groups in total. The van der Waals surface area contributed by atoms with E-state index < -0.39 is 0 Å². The average Bonchev–Trinajstić information content (AvgIpc) is 3.32. The Kier molecular flexibility index (Phi) is 9.10. The van der Waals surface area contributed by atoms with E-state index in [9.17, 15) is 0 Å². The minimum absolute atomic E-state index is 0.665. The largest absolute Gasteiger partial charge is 0.265 e. The van der Waals surface area contributed by atoms with E-state index in [2.05, 4.69) is 131 Å². The molecule has 272 valence electrons. The summed E-state index contributed by atoms with van der Waals surface area (Å²) in [6.45, 7) is 0. The summed E-state index contributed by atoms with van der Waals surface area (Å²) in [6.07, 6.45) is 7.09. The Morgan fingerprint density at radius 2 is 0.603 bits per heavy atom. The number of hydrogen-bond donors (Lipinski definition) is 0. The Morgan fingerprint density at radius 1 is 0.259 bits per heavy atom. The minimum Gasteiger partial charge on any atom is -0.265 e.